The van der Waals surface area contributed by atoms with E-state index in [1.165, 1.54) is 6.20 Å². The lowest BCUT2D eigenvalue weighted by Crippen LogP contribution is -2.53. The minimum absolute atomic E-state index is 0.00378. The third-order valence-corrected chi connectivity index (χ3v) is 8.72. The highest BCUT2D eigenvalue weighted by Crippen LogP contribution is 2.35. The molecule has 0 unspecified atom stereocenters. The van der Waals surface area contributed by atoms with Gasteiger partial charge in [-0.15, -0.1) is 0 Å². The molecular formula is C30H35ClF2N8O2. The van der Waals surface area contributed by atoms with Gasteiger partial charge in [0.1, 0.15) is 5.02 Å². The normalized spacial score (nSPS) is 18.1. The first-order valence-corrected chi connectivity index (χ1v) is 15.0. The maximum absolute atomic E-state index is 13.5. The number of halogens is 3. The number of aromatic nitrogens is 2. The van der Waals surface area contributed by atoms with E-state index in [0.29, 0.717) is 29.5 Å². The number of piperidine rings is 1. The highest BCUT2D eigenvalue weighted by atomic mass is 35.5. The first-order chi connectivity index (χ1) is 20.9. The third-order valence-electron chi connectivity index (χ3n) is 8.44. The van der Waals surface area contributed by atoms with Crippen molar-refractivity contribution >= 4 is 46.3 Å². The van der Waals surface area contributed by atoms with E-state index in [9.17, 15) is 13.6 Å². The summed E-state index contributed by atoms with van der Waals surface area (Å²) in [5.74, 6) is 0.199. The van der Waals surface area contributed by atoms with Gasteiger partial charge in [0.05, 0.1) is 23.1 Å². The molecule has 0 aliphatic carbocycles. The number of ether oxygens (including phenoxy) is 1. The molecule has 1 aromatic heterocycles. The van der Waals surface area contributed by atoms with E-state index in [-0.39, 0.29) is 28.4 Å². The van der Waals surface area contributed by atoms with Gasteiger partial charge in [-0.3, -0.25) is 9.69 Å². The van der Waals surface area contributed by atoms with Gasteiger partial charge in [0, 0.05) is 63.6 Å². The predicted molar refractivity (Wildman–Crippen MR) is 163 cm³/mol. The molecule has 0 bridgehead atoms. The lowest BCUT2D eigenvalue weighted by molar-refractivity contribution is -0.0493. The van der Waals surface area contributed by atoms with Crippen LogP contribution in [0.5, 0.6) is 5.75 Å². The van der Waals surface area contributed by atoms with E-state index in [1.54, 1.807) is 18.2 Å². The van der Waals surface area contributed by atoms with Crippen LogP contribution in [0.25, 0.3) is 0 Å². The molecule has 43 heavy (non-hydrogen) atoms. The molecule has 3 aliphatic heterocycles. The van der Waals surface area contributed by atoms with Gasteiger partial charge in [0.2, 0.25) is 5.95 Å². The number of benzene rings is 2. The number of amides is 1. The van der Waals surface area contributed by atoms with Gasteiger partial charge in [0.25, 0.3) is 5.91 Å². The number of hydrogen-bond donors (Lipinski definition) is 3. The van der Waals surface area contributed by atoms with Crippen molar-refractivity contribution in [1.29, 1.82) is 0 Å². The molecule has 2 saturated heterocycles. The van der Waals surface area contributed by atoms with Crippen LogP contribution in [0.2, 0.25) is 5.02 Å². The fourth-order valence-corrected chi connectivity index (χ4v) is 6.22. The fraction of sp³-hybridized carbons (Fsp3) is 0.433. The minimum Gasteiger partial charge on any atom is -0.433 e. The number of hydrogen-bond acceptors (Lipinski definition) is 9. The monoisotopic (exact) mass is 612 g/mol. The maximum atomic E-state index is 13.5. The minimum atomic E-state index is -3.00. The summed E-state index contributed by atoms with van der Waals surface area (Å²) >= 11 is 6.37. The summed E-state index contributed by atoms with van der Waals surface area (Å²) in [5, 5.41) is 9.14. The molecule has 2 fully saturated rings. The molecule has 3 N–H and O–H groups in total. The van der Waals surface area contributed by atoms with Crippen molar-refractivity contribution in [3.8, 4) is 5.75 Å². The number of nitrogens with zero attached hydrogens (tertiary/aromatic N) is 5. The number of carbonyl (C=O) groups is 1. The summed E-state index contributed by atoms with van der Waals surface area (Å²) in [4.78, 5) is 28.3. The van der Waals surface area contributed by atoms with Crippen molar-refractivity contribution in [3.63, 3.8) is 0 Å². The van der Waals surface area contributed by atoms with Crippen LogP contribution >= 0.6 is 11.6 Å². The zero-order valence-corrected chi connectivity index (χ0v) is 24.7. The van der Waals surface area contributed by atoms with Gasteiger partial charge in [0.15, 0.2) is 11.6 Å². The molecular weight excluding hydrogens is 578 g/mol. The summed E-state index contributed by atoms with van der Waals surface area (Å²) in [7, 11) is 0. The number of piperazine rings is 1. The molecule has 10 nitrogen and oxygen atoms in total. The average Bonchev–Trinajstić information content (AvgIpc) is 3.41. The number of carbonyl (C=O) groups excluding carboxylic acids is 1. The number of alkyl halides is 2. The molecule has 0 saturated carbocycles. The second-order valence-electron chi connectivity index (χ2n) is 10.9. The van der Waals surface area contributed by atoms with Crippen LogP contribution in [0.4, 0.5) is 37.6 Å². The third kappa shape index (κ3) is 6.61. The van der Waals surface area contributed by atoms with E-state index in [1.807, 2.05) is 18.2 Å². The topological polar surface area (TPSA) is 97.9 Å². The lowest BCUT2D eigenvalue weighted by Gasteiger charge is -2.43. The largest absolute Gasteiger partial charge is 0.433 e. The molecule has 228 valence electrons. The fourth-order valence-electron chi connectivity index (χ4n) is 6.09. The zero-order chi connectivity index (χ0) is 29.9. The molecule has 3 aliphatic rings. The molecule has 0 radical (unpaired) electrons. The summed E-state index contributed by atoms with van der Waals surface area (Å²) in [6, 6.07) is 11.2. The Hall–Kier alpha value is -3.74. The van der Waals surface area contributed by atoms with Crippen molar-refractivity contribution in [2.45, 2.75) is 39.0 Å². The Morgan fingerprint density at radius 3 is 2.60 bits per heavy atom. The molecule has 3 aromatic rings. The smallest absolute Gasteiger partial charge is 0.387 e. The Labute approximate surface area is 254 Å². The van der Waals surface area contributed by atoms with E-state index in [4.69, 9.17) is 16.3 Å². The first kappa shape index (κ1) is 29.3. The van der Waals surface area contributed by atoms with Gasteiger partial charge in [-0.25, -0.2) is 4.98 Å². The van der Waals surface area contributed by atoms with Crippen molar-refractivity contribution < 1.29 is 18.3 Å². The van der Waals surface area contributed by atoms with Gasteiger partial charge in [-0.2, -0.15) is 13.8 Å². The second kappa shape index (κ2) is 12.9. The summed E-state index contributed by atoms with van der Waals surface area (Å²) in [6.45, 7) is 6.85. The van der Waals surface area contributed by atoms with Gasteiger partial charge in [-0.1, -0.05) is 30.7 Å². The standard InChI is InChI=1S/C30H35ClF2N8O2/c1-2-39-12-14-41(15-13-39)20-8-10-40(11-9-20)21-6-7-23(25(16-21)43-29(32)33)37-30-35-18-22(31)27(38-30)36-24-5-3-4-19-17-34-28(42)26(19)24/h3-7,16,18,20,29H,2,8-15,17H2,1H3,(H,34,42)(H2,35,36,37,38). The van der Waals surface area contributed by atoms with E-state index < -0.39 is 6.61 Å². The zero-order valence-electron chi connectivity index (χ0n) is 24.0. The quantitative estimate of drug-likeness (QED) is 0.306. The van der Waals surface area contributed by atoms with Crippen molar-refractivity contribution in [2.75, 3.05) is 61.3 Å². The van der Waals surface area contributed by atoms with E-state index in [2.05, 4.69) is 47.5 Å². The Morgan fingerprint density at radius 2 is 1.86 bits per heavy atom. The van der Waals surface area contributed by atoms with Crippen LogP contribution in [-0.2, 0) is 6.54 Å². The van der Waals surface area contributed by atoms with Crippen molar-refractivity contribution in [1.82, 2.24) is 25.1 Å². The van der Waals surface area contributed by atoms with Crippen LogP contribution in [0.15, 0.2) is 42.6 Å². The average molecular weight is 613 g/mol. The number of nitrogens with one attached hydrogen (secondary N) is 3. The van der Waals surface area contributed by atoms with Crippen molar-refractivity contribution in [3.05, 3.63) is 58.7 Å². The number of anilines is 5. The van der Waals surface area contributed by atoms with Gasteiger partial charge < -0.3 is 30.5 Å². The Morgan fingerprint density at radius 1 is 1.07 bits per heavy atom. The molecule has 13 heteroatoms. The molecule has 1 amide bonds. The lowest BCUT2D eigenvalue weighted by atomic mass is 10.0. The summed E-state index contributed by atoms with van der Waals surface area (Å²) < 4.78 is 31.8. The summed E-state index contributed by atoms with van der Waals surface area (Å²) in [5.41, 5.74) is 3.06. The highest BCUT2D eigenvalue weighted by molar-refractivity contribution is 6.33. The Bertz CT molecular complexity index is 1460. The molecule has 2 aromatic carbocycles. The number of fused-ring (bicyclic) bond motifs is 1. The molecule has 0 spiro atoms. The van der Waals surface area contributed by atoms with Gasteiger partial charge in [-0.05, 0) is 43.1 Å². The first-order valence-electron chi connectivity index (χ1n) is 14.6. The van der Waals surface area contributed by atoms with Crippen LogP contribution < -0.4 is 25.6 Å². The number of rotatable bonds is 9. The van der Waals surface area contributed by atoms with Crippen LogP contribution in [0, 0.1) is 0 Å². The Balaban J connectivity index is 1.15. The molecule has 4 heterocycles. The van der Waals surface area contributed by atoms with E-state index >= 15 is 0 Å². The van der Waals surface area contributed by atoms with Crippen LogP contribution in [0.1, 0.15) is 35.7 Å². The van der Waals surface area contributed by atoms with Crippen LogP contribution in [0.3, 0.4) is 0 Å². The van der Waals surface area contributed by atoms with E-state index in [0.717, 1.165) is 69.9 Å². The Kier molecular flexibility index (Phi) is 8.78. The molecule has 0 atom stereocenters. The summed E-state index contributed by atoms with van der Waals surface area (Å²) in [6.07, 6.45) is 3.45. The van der Waals surface area contributed by atoms with Crippen LogP contribution in [-0.4, -0.2) is 84.1 Å². The number of likely N-dealkylation sites (N-methyl/N-ethyl adjacent to an activating group) is 1. The highest BCUT2D eigenvalue weighted by Gasteiger charge is 2.28. The molecule has 6 rings (SSSR count). The second-order valence-corrected chi connectivity index (χ2v) is 11.3. The van der Waals surface area contributed by atoms with Crippen molar-refractivity contribution in [2.24, 2.45) is 0 Å². The van der Waals surface area contributed by atoms with Gasteiger partial charge >= 0.3 is 6.61 Å². The maximum Gasteiger partial charge on any atom is 0.387 e. The SMILES string of the molecule is CCN1CCN(C2CCN(c3ccc(Nc4ncc(Cl)c(Nc5cccc6c5C(=O)NC6)n4)c(OC(F)F)c3)CC2)CC1. The predicted octanol–water partition coefficient (Wildman–Crippen LogP) is 5.07.